The monoisotopic (exact) mass is 380 g/mol. The number of anilines is 1. The molecule has 0 amide bonds. The third kappa shape index (κ3) is 3.36. The number of rotatable bonds is 3. The molecule has 0 aliphatic rings. The van der Waals surface area contributed by atoms with Crippen LogP contribution in [0.15, 0.2) is 64.8 Å². The van der Waals surface area contributed by atoms with E-state index < -0.39 is 26.5 Å². The highest BCUT2D eigenvalue weighted by Gasteiger charge is 2.32. The van der Waals surface area contributed by atoms with E-state index in [4.69, 9.17) is 5.73 Å². The van der Waals surface area contributed by atoms with Crippen molar-refractivity contribution in [1.82, 2.24) is 15.0 Å². The number of alkyl halides is 3. The molecule has 10 heteroatoms. The number of hydrogen-bond acceptors (Lipinski definition) is 6. The number of sulfone groups is 1. The average molecular weight is 380 g/mol. The van der Waals surface area contributed by atoms with Gasteiger partial charge < -0.3 is 5.73 Å². The van der Waals surface area contributed by atoms with Gasteiger partial charge in [0.1, 0.15) is 4.90 Å². The van der Waals surface area contributed by atoms with Crippen molar-refractivity contribution in [3.63, 3.8) is 0 Å². The molecule has 0 spiro atoms. The Hall–Kier alpha value is -3.01. The Kier molecular flexibility index (Phi) is 4.36. The van der Waals surface area contributed by atoms with Gasteiger partial charge in [0.15, 0.2) is 0 Å². The van der Waals surface area contributed by atoms with E-state index in [0.29, 0.717) is 11.6 Å². The van der Waals surface area contributed by atoms with Crippen LogP contribution in [0.1, 0.15) is 5.56 Å². The molecule has 2 N–H and O–H groups in total. The van der Waals surface area contributed by atoms with Gasteiger partial charge in [-0.1, -0.05) is 6.07 Å². The second-order valence-corrected chi connectivity index (χ2v) is 7.13. The fourth-order valence-electron chi connectivity index (χ4n) is 2.26. The fourth-order valence-corrected chi connectivity index (χ4v) is 3.66. The molecule has 0 bridgehead atoms. The van der Waals surface area contributed by atoms with E-state index in [1.807, 2.05) is 0 Å². The second-order valence-electron chi connectivity index (χ2n) is 5.21. The summed E-state index contributed by atoms with van der Waals surface area (Å²) in [5.41, 5.74) is 4.77. The van der Waals surface area contributed by atoms with Crippen LogP contribution in [-0.4, -0.2) is 23.4 Å². The third-order valence-corrected chi connectivity index (χ3v) is 5.22. The molecule has 26 heavy (non-hydrogen) atoms. The van der Waals surface area contributed by atoms with Gasteiger partial charge in [-0.3, -0.25) is 4.98 Å². The summed E-state index contributed by atoms with van der Waals surface area (Å²) in [5, 5.41) is 0. The minimum atomic E-state index is -4.67. The van der Waals surface area contributed by atoms with E-state index in [1.54, 1.807) is 12.1 Å². The molecule has 0 radical (unpaired) electrons. The molecule has 2 aromatic heterocycles. The van der Waals surface area contributed by atoms with Crippen molar-refractivity contribution in [2.75, 3.05) is 5.73 Å². The zero-order valence-corrected chi connectivity index (χ0v) is 13.8. The highest BCUT2D eigenvalue weighted by molar-refractivity contribution is 7.91. The first-order valence-corrected chi connectivity index (χ1v) is 8.63. The molecular weight excluding hydrogens is 369 g/mol. The van der Waals surface area contributed by atoms with Crippen LogP contribution in [0.3, 0.4) is 0 Å². The van der Waals surface area contributed by atoms with E-state index in [2.05, 4.69) is 15.0 Å². The summed E-state index contributed by atoms with van der Waals surface area (Å²) in [5.74, 6) is -0.174. The number of aromatic nitrogens is 3. The molecule has 134 valence electrons. The summed E-state index contributed by atoms with van der Waals surface area (Å²) in [4.78, 5) is 10.6. The summed E-state index contributed by atoms with van der Waals surface area (Å²) < 4.78 is 64.6. The van der Waals surface area contributed by atoms with Gasteiger partial charge in [0.2, 0.25) is 15.8 Å². The van der Waals surface area contributed by atoms with Gasteiger partial charge in [-0.15, -0.1) is 0 Å². The van der Waals surface area contributed by atoms with Crippen molar-refractivity contribution < 1.29 is 21.6 Å². The summed E-state index contributed by atoms with van der Waals surface area (Å²) in [6.45, 7) is 0. The Bertz CT molecular complexity index is 1050. The summed E-state index contributed by atoms with van der Waals surface area (Å²) >= 11 is 0. The lowest BCUT2D eigenvalue weighted by atomic mass is 10.2. The first-order chi connectivity index (χ1) is 12.2. The largest absolute Gasteiger partial charge is 0.416 e. The molecule has 2 heterocycles. The van der Waals surface area contributed by atoms with Crippen LogP contribution >= 0.6 is 0 Å². The van der Waals surface area contributed by atoms with Crippen LogP contribution < -0.4 is 5.73 Å². The predicted molar refractivity (Wildman–Crippen MR) is 86.6 cm³/mol. The van der Waals surface area contributed by atoms with Gasteiger partial charge in [-0.2, -0.15) is 13.2 Å². The molecule has 1 aromatic carbocycles. The van der Waals surface area contributed by atoms with E-state index in [0.717, 1.165) is 24.4 Å². The highest BCUT2D eigenvalue weighted by atomic mass is 32.2. The molecule has 0 saturated carbocycles. The van der Waals surface area contributed by atoms with Crippen LogP contribution in [0.4, 0.5) is 19.1 Å². The van der Waals surface area contributed by atoms with Crippen LogP contribution in [0.2, 0.25) is 0 Å². The van der Waals surface area contributed by atoms with Gasteiger partial charge in [0.25, 0.3) is 0 Å². The molecule has 0 unspecified atom stereocenters. The second kappa shape index (κ2) is 6.37. The summed E-state index contributed by atoms with van der Waals surface area (Å²) in [7, 11) is -4.33. The highest BCUT2D eigenvalue weighted by Crippen LogP contribution is 2.34. The van der Waals surface area contributed by atoms with Gasteiger partial charge in [-0.05, 0) is 30.3 Å². The summed E-state index contributed by atoms with van der Waals surface area (Å²) in [6, 6.07) is 6.58. The smallest absolute Gasteiger partial charge is 0.368 e. The van der Waals surface area contributed by atoms with E-state index in [1.165, 1.54) is 12.4 Å². The molecule has 0 atom stereocenters. The first-order valence-electron chi connectivity index (χ1n) is 7.15. The van der Waals surface area contributed by atoms with Crippen LogP contribution in [0.5, 0.6) is 0 Å². The Morgan fingerprint density at radius 1 is 1.04 bits per heavy atom. The van der Waals surface area contributed by atoms with Gasteiger partial charge in [-0.25, -0.2) is 18.4 Å². The topological polar surface area (TPSA) is 98.8 Å². The van der Waals surface area contributed by atoms with Crippen molar-refractivity contribution in [2.45, 2.75) is 16.0 Å². The number of pyridine rings is 1. The van der Waals surface area contributed by atoms with Crippen molar-refractivity contribution >= 4 is 15.8 Å². The van der Waals surface area contributed by atoms with Gasteiger partial charge >= 0.3 is 6.18 Å². The predicted octanol–water partition coefficient (Wildman–Crippen LogP) is 2.97. The zero-order chi connectivity index (χ0) is 18.9. The minimum Gasteiger partial charge on any atom is -0.368 e. The van der Waals surface area contributed by atoms with Crippen molar-refractivity contribution in [3.8, 4) is 11.3 Å². The zero-order valence-electron chi connectivity index (χ0n) is 13.0. The molecule has 0 aliphatic carbocycles. The average Bonchev–Trinajstić information content (AvgIpc) is 2.61. The maximum absolute atomic E-state index is 12.9. The Morgan fingerprint density at radius 3 is 2.46 bits per heavy atom. The number of halogens is 3. The van der Waals surface area contributed by atoms with Crippen LogP contribution in [0, 0.1) is 0 Å². The number of benzene rings is 1. The number of hydrogen-bond donors (Lipinski definition) is 1. The quantitative estimate of drug-likeness (QED) is 0.750. The maximum atomic E-state index is 12.9. The molecule has 3 aromatic rings. The Labute approximate surface area is 146 Å². The fraction of sp³-hybridized carbons (Fsp3) is 0.0625. The van der Waals surface area contributed by atoms with Gasteiger partial charge in [0, 0.05) is 18.0 Å². The molecule has 3 rings (SSSR count). The normalized spacial score (nSPS) is 12.1. The van der Waals surface area contributed by atoms with Gasteiger partial charge in [0.05, 0.1) is 22.3 Å². The van der Waals surface area contributed by atoms with Crippen molar-refractivity contribution in [1.29, 1.82) is 0 Å². The SMILES string of the molecule is Nc1ncc(S(=O)(=O)c2cccc(C(F)(F)F)c2)c(-c2cccnc2)n1. The lowest BCUT2D eigenvalue weighted by molar-refractivity contribution is -0.137. The van der Waals surface area contributed by atoms with Crippen LogP contribution in [-0.2, 0) is 16.0 Å². The number of nitrogen functional groups attached to an aromatic ring is 1. The maximum Gasteiger partial charge on any atom is 0.416 e. The third-order valence-electron chi connectivity index (χ3n) is 3.47. The minimum absolute atomic E-state index is 0.0389. The first kappa shape index (κ1) is 17.8. The standard InChI is InChI=1S/C16H11F3N4O2S/c17-16(18,19)11-4-1-5-12(7-11)26(24,25)13-9-22-15(20)23-14(13)10-3-2-6-21-8-10/h1-9H,(H2,20,22,23). The molecule has 0 fully saturated rings. The Morgan fingerprint density at radius 2 is 1.81 bits per heavy atom. The lowest BCUT2D eigenvalue weighted by Crippen LogP contribution is -2.10. The van der Waals surface area contributed by atoms with E-state index in [9.17, 15) is 21.6 Å². The number of nitrogens with two attached hydrogens (primary N) is 1. The lowest BCUT2D eigenvalue weighted by Gasteiger charge is -2.12. The summed E-state index contributed by atoms with van der Waals surface area (Å²) in [6.07, 6.45) is -0.850. The number of nitrogens with zero attached hydrogens (tertiary/aromatic N) is 3. The van der Waals surface area contributed by atoms with E-state index in [-0.39, 0.29) is 16.5 Å². The van der Waals surface area contributed by atoms with E-state index >= 15 is 0 Å². The Balaban J connectivity index is 2.21. The molecule has 6 nitrogen and oxygen atoms in total. The molecule has 0 aliphatic heterocycles. The van der Waals surface area contributed by atoms with Crippen molar-refractivity contribution in [2.24, 2.45) is 0 Å². The van der Waals surface area contributed by atoms with Crippen LogP contribution in [0.25, 0.3) is 11.3 Å². The van der Waals surface area contributed by atoms with Crippen molar-refractivity contribution in [3.05, 3.63) is 60.6 Å². The molecular formula is C16H11F3N4O2S. The molecule has 0 saturated heterocycles.